The number of benzene rings is 2. The number of methoxy groups -OCH3 is 1. The van der Waals surface area contributed by atoms with E-state index in [1.54, 1.807) is 22.8 Å². The maximum absolute atomic E-state index is 13.0. The molecule has 4 rings (SSSR count). The van der Waals surface area contributed by atoms with Crippen LogP contribution in [0.15, 0.2) is 64.6 Å². The topological polar surface area (TPSA) is 84.1 Å². The standard InChI is InChI=1S/C23H21N3O4S/c1-3-26-22(29)20(31-23(26)24-16-8-10-17(30-2)11-9-16)12-15-13-25(14-21(27)28)19-7-5-4-6-18(15)19/h4-13H,3,14H2,1-2H3,(H,27,28)/b20-12+,24-23?. The summed E-state index contributed by atoms with van der Waals surface area (Å²) in [4.78, 5) is 31.1. The summed E-state index contributed by atoms with van der Waals surface area (Å²) in [7, 11) is 1.61. The lowest BCUT2D eigenvalue weighted by Crippen LogP contribution is -2.28. The Morgan fingerprint density at radius 2 is 1.94 bits per heavy atom. The molecule has 0 unspecified atom stereocenters. The second kappa shape index (κ2) is 8.69. The molecule has 7 nitrogen and oxygen atoms in total. The first-order valence-corrected chi connectivity index (χ1v) is 10.6. The van der Waals surface area contributed by atoms with E-state index in [-0.39, 0.29) is 12.5 Å². The van der Waals surface area contributed by atoms with Gasteiger partial charge in [0.15, 0.2) is 5.17 Å². The summed E-state index contributed by atoms with van der Waals surface area (Å²) in [6, 6.07) is 14.9. The van der Waals surface area contributed by atoms with Crippen LogP contribution in [0.2, 0.25) is 0 Å². The van der Waals surface area contributed by atoms with E-state index in [0.717, 1.165) is 27.9 Å². The van der Waals surface area contributed by atoms with Crippen molar-refractivity contribution in [3.05, 3.63) is 65.2 Å². The monoisotopic (exact) mass is 435 g/mol. The molecule has 1 N–H and O–H groups in total. The highest BCUT2D eigenvalue weighted by molar-refractivity contribution is 8.18. The number of thioether (sulfide) groups is 1. The van der Waals surface area contributed by atoms with Crippen molar-refractivity contribution in [2.75, 3.05) is 13.7 Å². The predicted molar refractivity (Wildman–Crippen MR) is 123 cm³/mol. The molecule has 0 aliphatic carbocycles. The van der Waals surface area contributed by atoms with Gasteiger partial charge in [-0.1, -0.05) is 18.2 Å². The third kappa shape index (κ3) is 4.20. The van der Waals surface area contributed by atoms with Crippen LogP contribution < -0.4 is 4.74 Å². The highest BCUT2D eigenvalue weighted by atomic mass is 32.2. The minimum Gasteiger partial charge on any atom is -0.497 e. The molecule has 2 aromatic carbocycles. The van der Waals surface area contributed by atoms with Crippen LogP contribution in [0.5, 0.6) is 5.75 Å². The van der Waals surface area contributed by atoms with Crippen molar-refractivity contribution in [2.24, 2.45) is 4.99 Å². The fraction of sp³-hybridized carbons (Fsp3) is 0.174. The van der Waals surface area contributed by atoms with E-state index in [2.05, 4.69) is 4.99 Å². The third-order valence-electron chi connectivity index (χ3n) is 4.91. The molecule has 1 aromatic heterocycles. The van der Waals surface area contributed by atoms with Gasteiger partial charge < -0.3 is 14.4 Å². The van der Waals surface area contributed by atoms with Gasteiger partial charge in [0, 0.05) is 29.2 Å². The number of nitrogens with zero attached hydrogens (tertiary/aromatic N) is 3. The number of fused-ring (bicyclic) bond motifs is 1. The van der Waals surface area contributed by atoms with Crippen molar-refractivity contribution >= 4 is 51.5 Å². The molecular weight excluding hydrogens is 414 g/mol. The smallest absolute Gasteiger partial charge is 0.323 e. The average molecular weight is 436 g/mol. The van der Waals surface area contributed by atoms with Crippen molar-refractivity contribution in [2.45, 2.75) is 13.5 Å². The second-order valence-electron chi connectivity index (χ2n) is 6.88. The quantitative estimate of drug-likeness (QED) is 0.582. The molecular formula is C23H21N3O4S. The number of carboxylic acids is 1. The van der Waals surface area contributed by atoms with Gasteiger partial charge in [-0.15, -0.1) is 0 Å². The zero-order chi connectivity index (χ0) is 22.0. The molecule has 1 aliphatic heterocycles. The predicted octanol–water partition coefficient (Wildman–Crippen LogP) is 4.36. The first kappa shape index (κ1) is 20.7. The highest BCUT2D eigenvalue weighted by Crippen LogP contribution is 2.35. The molecule has 0 spiro atoms. The molecule has 1 amide bonds. The van der Waals surface area contributed by atoms with Gasteiger partial charge in [-0.3, -0.25) is 14.5 Å². The number of hydrogen-bond donors (Lipinski definition) is 1. The Balaban J connectivity index is 1.71. The maximum atomic E-state index is 13.0. The molecule has 8 heteroatoms. The Morgan fingerprint density at radius 3 is 2.61 bits per heavy atom. The lowest BCUT2D eigenvalue weighted by molar-refractivity contribution is -0.137. The number of hydrogen-bond acceptors (Lipinski definition) is 5. The number of aliphatic imine (C=N–C) groups is 1. The molecule has 0 radical (unpaired) electrons. The molecule has 1 aliphatic rings. The van der Waals surface area contributed by atoms with Gasteiger partial charge in [-0.2, -0.15) is 0 Å². The van der Waals surface area contributed by atoms with Crippen LogP contribution in [0.3, 0.4) is 0 Å². The van der Waals surface area contributed by atoms with E-state index in [1.807, 2.05) is 61.5 Å². The van der Waals surface area contributed by atoms with Crippen molar-refractivity contribution in [3.8, 4) is 5.75 Å². The van der Waals surface area contributed by atoms with E-state index in [9.17, 15) is 14.7 Å². The number of carbonyl (C=O) groups is 2. The van der Waals surface area contributed by atoms with Gasteiger partial charge >= 0.3 is 5.97 Å². The van der Waals surface area contributed by atoms with Gasteiger partial charge in [-0.05, 0) is 55.1 Å². The van der Waals surface area contributed by atoms with Gasteiger partial charge in [-0.25, -0.2) is 4.99 Å². The van der Waals surface area contributed by atoms with E-state index in [1.165, 1.54) is 11.8 Å². The number of carbonyl (C=O) groups excluding carboxylic acids is 1. The molecule has 1 fully saturated rings. The summed E-state index contributed by atoms with van der Waals surface area (Å²) in [6.45, 7) is 2.26. The molecule has 1 saturated heterocycles. The zero-order valence-corrected chi connectivity index (χ0v) is 17.9. The Bertz CT molecular complexity index is 1210. The van der Waals surface area contributed by atoms with Crippen LogP contribution in [0, 0.1) is 0 Å². The second-order valence-corrected chi connectivity index (χ2v) is 7.88. The summed E-state index contributed by atoms with van der Waals surface area (Å²) >= 11 is 1.31. The summed E-state index contributed by atoms with van der Waals surface area (Å²) in [5, 5.41) is 10.7. The molecule has 31 heavy (non-hydrogen) atoms. The fourth-order valence-corrected chi connectivity index (χ4v) is 4.50. The van der Waals surface area contributed by atoms with E-state index < -0.39 is 5.97 Å². The van der Waals surface area contributed by atoms with Crippen molar-refractivity contribution in [3.63, 3.8) is 0 Å². The molecule has 0 bridgehead atoms. The summed E-state index contributed by atoms with van der Waals surface area (Å²) < 4.78 is 6.86. The lowest BCUT2D eigenvalue weighted by Gasteiger charge is -2.12. The van der Waals surface area contributed by atoms with Crippen molar-refractivity contribution < 1.29 is 19.4 Å². The Labute approximate surface area is 183 Å². The van der Waals surface area contributed by atoms with E-state index in [0.29, 0.717) is 16.6 Å². The van der Waals surface area contributed by atoms with Crippen LogP contribution in [0.25, 0.3) is 17.0 Å². The normalized spacial score (nSPS) is 16.6. The molecule has 2 heterocycles. The summed E-state index contributed by atoms with van der Waals surface area (Å²) in [6.07, 6.45) is 3.58. The van der Waals surface area contributed by atoms with Crippen LogP contribution in [-0.2, 0) is 16.1 Å². The van der Waals surface area contributed by atoms with Crippen LogP contribution in [-0.4, -0.2) is 45.3 Å². The molecule has 158 valence electrons. The maximum Gasteiger partial charge on any atom is 0.323 e. The first-order chi connectivity index (χ1) is 15.0. The number of amidine groups is 1. The summed E-state index contributed by atoms with van der Waals surface area (Å²) in [5.74, 6) is -0.294. The number of aliphatic carboxylic acids is 1. The third-order valence-corrected chi connectivity index (χ3v) is 5.92. The minimum absolute atomic E-state index is 0.116. The van der Waals surface area contributed by atoms with Gasteiger partial charge in [0.2, 0.25) is 0 Å². The van der Waals surface area contributed by atoms with Crippen LogP contribution in [0.4, 0.5) is 5.69 Å². The number of carboxylic acid groups (broad SMARTS) is 1. The van der Waals surface area contributed by atoms with Gasteiger partial charge in [0.1, 0.15) is 12.3 Å². The number of aromatic nitrogens is 1. The lowest BCUT2D eigenvalue weighted by atomic mass is 10.1. The van der Waals surface area contributed by atoms with Crippen LogP contribution in [0.1, 0.15) is 12.5 Å². The average Bonchev–Trinajstić information content (AvgIpc) is 3.25. The summed E-state index contributed by atoms with van der Waals surface area (Å²) in [5.41, 5.74) is 2.34. The number of para-hydroxylation sites is 1. The van der Waals surface area contributed by atoms with Gasteiger partial charge in [0.25, 0.3) is 5.91 Å². The largest absolute Gasteiger partial charge is 0.497 e. The number of amides is 1. The first-order valence-electron chi connectivity index (χ1n) is 9.74. The minimum atomic E-state index is -0.919. The van der Waals surface area contributed by atoms with Crippen LogP contribution >= 0.6 is 11.8 Å². The molecule has 0 atom stereocenters. The van der Waals surface area contributed by atoms with E-state index >= 15 is 0 Å². The SMILES string of the molecule is CCN1C(=O)/C(=C\c2cn(CC(=O)O)c3ccccc23)SC1=Nc1ccc(OC)cc1. The Hall–Kier alpha value is -3.52. The molecule has 0 saturated carbocycles. The Morgan fingerprint density at radius 1 is 1.19 bits per heavy atom. The van der Waals surface area contributed by atoms with Gasteiger partial charge in [0.05, 0.1) is 17.7 Å². The van der Waals surface area contributed by atoms with Crippen molar-refractivity contribution in [1.29, 1.82) is 0 Å². The zero-order valence-electron chi connectivity index (χ0n) is 17.1. The molecule has 3 aromatic rings. The number of rotatable bonds is 6. The Kier molecular flexibility index (Phi) is 5.81. The number of likely N-dealkylation sites (N-methyl/N-ethyl adjacent to an activating group) is 1. The fourth-order valence-electron chi connectivity index (χ4n) is 3.45. The highest BCUT2D eigenvalue weighted by Gasteiger charge is 2.32. The van der Waals surface area contributed by atoms with E-state index in [4.69, 9.17) is 4.74 Å². The van der Waals surface area contributed by atoms with Crippen molar-refractivity contribution in [1.82, 2.24) is 9.47 Å². The number of ether oxygens (including phenoxy) is 1.